The second-order valence-electron chi connectivity index (χ2n) is 8.11. The second kappa shape index (κ2) is 8.20. The van der Waals surface area contributed by atoms with Crippen molar-refractivity contribution in [3.05, 3.63) is 99.2 Å². The molecule has 1 aliphatic heterocycles. The Balaban J connectivity index is 1.81. The maximum atomic E-state index is 13.3. The molecule has 2 N–H and O–H groups in total. The quantitative estimate of drug-likeness (QED) is 0.488. The van der Waals surface area contributed by atoms with E-state index in [-0.39, 0.29) is 17.4 Å². The number of benzene rings is 1. The van der Waals surface area contributed by atoms with Crippen LogP contribution in [0.2, 0.25) is 0 Å². The van der Waals surface area contributed by atoms with Crippen molar-refractivity contribution in [1.82, 2.24) is 4.98 Å². The van der Waals surface area contributed by atoms with Crippen molar-refractivity contribution in [2.24, 2.45) is 0 Å². The fourth-order valence-corrected chi connectivity index (χ4v) is 5.41. The molecule has 0 amide bonds. The number of hydrogen-bond acceptors (Lipinski definition) is 5. The summed E-state index contributed by atoms with van der Waals surface area (Å²) in [6, 6.07) is 15.2. The van der Waals surface area contributed by atoms with E-state index in [4.69, 9.17) is 0 Å². The van der Waals surface area contributed by atoms with Gasteiger partial charge in [-0.25, -0.2) is 0 Å². The molecular formula is C26H23N3O2S. The fourth-order valence-electron chi connectivity index (χ4n) is 4.57. The smallest absolute Gasteiger partial charge is 0.161 e. The van der Waals surface area contributed by atoms with Gasteiger partial charge in [-0.1, -0.05) is 35.9 Å². The standard InChI is InChI=1S/C26H23N3O2S/c1-16-9-11-17(12-10-16)25(31)24-23(21-8-4-14-32-21)22-19(6-2-7-20(22)30)29(26(24)27)18-5-3-13-28-15-18/h3-5,8-15,23,27,31H,2,6-7H2,1H3/b25-24+,27-26?/t23-/m1/s1. The Morgan fingerprint density at radius 3 is 2.66 bits per heavy atom. The van der Waals surface area contributed by atoms with Gasteiger partial charge in [0.15, 0.2) is 5.78 Å². The molecule has 0 unspecified atom stereocenters. The first-order valence-electron chi connectivity index (χ1n) is 10.6. The molecule has 1 aliphatic carbocycles. The van der Waals surface area contributed by atoms with Crippen LogP contribution in [0.3, 0.4) is 0 Å². The lowest BCUT2D eigenvalue weighted by atomic mass is 9.76. The first-order valence-corrected chi connectivity index (χ1v) is 11.5. The Morgan fingerprint density at radius 1 is 1.16 bits per heavy atom. The first-order chi connectivity index (χ1) is 15.6. The van der Waals surface area contributed by atoms with Crippen molar-refractivity contribution < 1.29 is 9.90 Å². The van der Waals surface area contributed by atoms with E-state index in [1.165, 1.54) is 0 Å². The second-order valence-corrected chi connectivity index (χ2v) is 9.09. The molecule has 0 bridgehead atoms. The molecule has 3 heterocycles. The number of carbonyl (C=O) groups is 1. The van der Waals surface area contributed by atoms with Crippen LogP contribution in [0.5, 0.6) is 0 Å². The number of aryl methyl sites for hydroxylation is 1. The fraction of sp³-hybridized carbons (Fsp3) is 0.192. The lowest BCUT2D eigenvalue weighted by Gasteiger charge is -2.41. The number of aliphatic hydroxyl groups is 1. The van der Waals surface area contributed by atoms with Gasteiger partial charge >= 0.3 is 0 Å². The van der Waals surface area contributed by atoms with Gasteiger partial charge in [-0.05, 0) is 43.3 Å². The number of allylic oxidation sites excluding steroid dienone is 2. The van der Waals surface area contributed by atoms with Gasteiger partial charge in [0, 0.05) is 34.3 Å². The molecule has 1 aromatic carbocycles. The van der Waals surface area contributed by atoms with Crippen molar-refractivity contribution in [3.8, 4) is 0 Å². The van der Waals surface area contributed by atoms with Gasteiger partial charge in [0.25, 0.3) is 0 Å². The van der Waals surface area contributed by atoms with E-state index in [9.17, 15) is 15.3 Å². The number of nitrogens with zero attached hydrogens (tertiary/aromatic N) is 2. The van der Waals surface area contributed by atoms with E-state index >= 15 is 0 Å². The molecule has 0 spiro atoms. The molecule has 160 valence electrons. The number of ketones is 1. The van der Waals surface area contributed by atoms with Crippen molar-refractivity contribution in [1.29, 1.82) is 5.41 Å². The Labute approximate surface area is 190 Å². The number of amidine groups is 1. The van der Waals surface area contributed by atoms with Crippen molar-refractivity contribution in [2.45, 2.75) is 32.1 Å². The number of pyridine rings is 1. The van der Waals surface area contributed by atoms with E-state index < -0.39 is 5.92 Å². The topological polar surface area (TPSA) is 77.3 Å². The van der Waals surface area contributed by atoms with E-state index in [1.54, 1.807) is 28.6 Å². The summed E-state index contributed by atoms with van der Waals surface area (Å²) in [5.74, 6) is -0.157. The van der Waals surface area contributed by atoms with Crippen LogP contribution in [0, 0.1) is 12.3 Å². The molecule has 0 radical (unpaired) electrons. The number of rotatable bonds is 3. The van der Waals surface area contributed by atoms with Gasteiger partial charge in [-0.3, -0.25) is 20.1 Å². The first kappa shape index (κ1) is 20.4. The van der Waals surface area contributed by atoms with Crippen LogP contribution < -0.4 is 4.90 Å². The molecule has 2 aromatic heterocycles. The van der Waals surface area contributed by atoms with Crippen molar-refractivity contribution in [3.63, 3.8) is 0 Å². The molecule has 5 nitrogen and oxygen atoms in total. The molecule has 2 aliphatic rings. The molecule has 32 heavy (non-hydrogen) atoms. The lowest BCUT2D eigenvalue weighted by molar-refractivity contribution is -0.116. The van der Waals surface area contributed by atoms with E-state index in [2.05, 4.69) is 4.98 Å². The summed E-state index contributed by atoms with van der Waals surface area (Å²) in [7, 11) is 0. The third-order valence-corrected chi connectivity index (χ3v) is 7.00. The van der Waals surface area contributed by atoms with Crippen LogP contribution in [0.1, 0.15) is 41.2 Å². The van der Waals surface area contributed by atoms with Gasteiger partial charge in [-0.15, -0.1) is 11.3 Å². The normalized spacial score (nSPS) is 20.4. The van der Waals surface area contributed by atoms with Gasteiger partial charge in [-0.2, -0.15) is 0 Å². The number of hydrogen-bond donors (Lipinski definition) is 2. The predicted molar refractivity (Wildman–Crippen MR) is 128 cm³/mol. The van der Waals surface area contributed by atoms with E-state index in [0.717, 1.165) is 28.2 Å². The molecule has 0 fully saturated rings. The zero-order chi connectivity index (χ0) is 22.2. The van der Waals surface area contributed by atoms with Crippen LogP contribution in [-0.2, 0) is 4.79 Å². The molecule has 1 atom stereocenters. The number of carbonyl (C=O) groups excluding carboxylic acids is 1. The number of nitrogens with one attached hydrogen (secondary N) is 1. The Morgan fingerprint density at radius 2 is 1.97 bits per heavy atom. The highest BCUT2D eigenvalue weighted by Gasteiger charge is 2.43. The van der Waals surface area contributed by atoms with Gasteiger partial charge in [0.2, 0.25) is 0 Å². The predicted octanol–water partition coefficient (Wildman–Crippen LogP) is 6.01. The third-order valence-electron chi connectivity index (χ3n) is 6.07. The summed E-state index contributed by atoms with van der Waals surface area (Å²) in [5, 5.41) is 22.7. The van der Waals surface area contributed by atoms with Crippen molar-refractivity contribution in [2.75, 3.05) is 4.90 Å². The number of aromatic nitrogens is 1. The zero-order valence-corrected chi connectivity index (χ0v) is 18.5. The molecular weight excluding hydrogens is 418 g/mol. The number of aliphatic hydroxyl groups excluding tert-OH is 1. The highest BCUT2D eigenvalue weighted by molar-refractivity contribution is 7.10. The minimum Gasteiger partial charge on any atom is -0.507 e. The van der Waals surface area contributed by atoms with Gasteiger partial charge in [0.05, 0.1) is 23.4 Å². The molecule has 0 saturated carbocycles. The highest BCUT2D eigenvalue weighted by Crippen LogP contribution is 2.48. The van der Waals surface area contributed by atoms with Crippen LogP contribution >= 0.6 is 11.3 Å². The number of anilines is 1. The van der Waals surface area contributed by atoms with Gasteiger partial charge in [0.1, 0.15) is 11.6 Å². The molecule has 0 saturated heterocycles. The average molecular weight is 442 g/mol. The Bertz CT molecular complexity index is 1240. The average Bonchev–Trinajstić information content (AvgIpc) is 3.34. The summed E-state index contributed by atoms with van der Waals surface area (Å²) >= 11 is 1.55. The van der Waals surface area contributed by atoms with Gasteiger partial charge < -0.3 is 5.11 Å². The van der Waals surface area contributed by atoms with Crippen LogP contribution in [0.4, 0.5) is 5.69 Å². The SMILES string of the molecule is Cc1ccc(/C(O)=C2\C(=N)N(c3cccnc3)C3=C(C(=O)CCC3)[C@H]2c2cccs2)cc1. The summed E-state index contributed by atoms with van der Waals surface area (Å²) in [6.07, 6.45) is 5.33. The summed E-state index contributed by atoms with van der Waals surface area (Å²) in [4.78, 5) is 20.3. The maximum absolute atomic E-state index is 13.3. The maximum Gasteiger partial charge on any atom is 0.161 e. The Hall–Kier alpha value is -3.51. The monoisotopic (exact) mass is 441 g/mol. The molecule has 6 heteroatoms. The van der Waals surface area contributed by atoms with Crippen molar-refractivity contribution >= 4 is 34.4 Å². The van der Waals surface area contributed by atoms with E-state index in [0.29, 0.717) is 29.6 Å². The summed E-state index contributed by atoms with van der Waals surface area (Å²) < 4.78 is 0. The summed E-state index contributed by atoms with van der Waals surface area (Å²) in [5.41, 5.74) is 4.43. The zero-order valence-electron chi connectivity index (χ0n) is 17.7. The molecule has 3 aromatic rings. The Kier molecular flexibility index (Phi) is 5.23. The van der Waals surface area contributed by atoms with Crippen LogP contribution in [0.25, 0.3) is 5.76 Å². The lowest BCUT2D eigenvalue weighted by Crippen LogP contribution is -2.42. The number of Topliss-reactive ketones (excluding diaryl/α,β-unsaturated/α-hetero) is 1. The van der Waals surface area contributed by atoms with Crippen LogP contribution in [-0.4, -0.2) is 21.7 Å². The highest BCUT2D eigenvalue weighted by atomic mass is 32.1. The van der Waals surface area contributed by atoms with E-state index in [1.807, 2.05) is 60.8 Å². The largest absolute Gasteiger partial charge is 0.507 e. The third kappa shape index (κ3) is 3.37. The minimum atomic E-state index is -0.459. The van der Waals surface area contributed by atoms with Crippen LogP contribution in [0.15, 0.2) is 83.1 Å². The number of thiophene rings is 1. The molecule has 5 rings (SSSR count). The minimum absolute atomic E-state index is 0.0345. The summed E-state index contributed by atoms with van der Waals surface area (Å²) in [6.45, 7) is 1.99.